The quantitative estimate of drug-likeness (QED) is 0.799. The number of ether oxygens (including phenoxy) is 1. The summed E-state index contributed by atoms with van der Waals surface area (Å²) in [5.74, 6) is 1.06. The lowest BCUT2D eigenvalue weighted by Crippen LogP contribution is -2.42. The molecule has 0 bridgehead atoms. The highest BCUT2D eigenvalue weighted by Gasteiger charge is 2.26. The molecule has 1 aliphatic rings. The van der Waals surface area contributed by atoms with E-state index in [1.165, 1.54) is 0 Å². The molecule has 1 amide bonds. The molecule has 134 valence electrons. The Morgan fingerprint density at radius 3 is 3.00 bits per heavy atom. The standard InChI is InChI=1S/C18H25N5O2/c1-21(2)17-7-3-6-15(20-17)16-14-22(12-13-25-16)18(24)8-4-10-23-11-5-9-19-23/h3,5-7,9,11,16H,4,8,10,12-14H2,1-2H3/t16-/m0/s1. The molecule has 7 nitrogen and oxygen atoms in total. The van der Waals surface area contributed by atoms with E-state index in [-0.39, 0.29) is 12.0 Å². The summed E-state index contributed by atoms with van der Waals surface area (Å²) in [6.07, 6.45) is 4.82. The SMILES string of the molecule is CN(C)c1cccc([C@@H]2CN(C(=O)CCCn3cccn3)CCO2)n1. The van der Waals surface area contributed by atoms with Crippen LogP contribution in [0.5, 0.6) is 0 Å². The van der Waals surface area contributed by atoms with Gasteiger partial charge in [-0.05, 0) is 24.6 Å². The number of pyridine rings is 1. The third-order valence-corrected chi connectivity index (χ3v) is 4.30. The van der Waals surface area contributed by atoms with Crippen LogP contribution in [0.15, 0.2) is 36.7 Å². The van der Waals surface area contributed by atoms with Crippen molar-refractivity contribution in [3.8, 4) is 0 Å². The van der Waals surface area contributed by atoms with Gasteiger partial charge in [0.2, 0.25) is 5.91 Å². The van der Waals surface area contributed by atoms with Crippen molar-refractivity contribution >= 4 is 11.7 Å². The largest absolute Gasteiger partial charge is 0.368 e. The van der Waals surface area contributed by atoms with E-state index in [1.54, 1.807) is 6.20 Å². The van der Waals surface area contributed by atoms with Crippen LogP contribution in [0.4, 0.5) is 5.82 Å². The molecule has 0 N–H and O–H groups in total. The van der Waals surface area contributed by atoms with Gasteiger partial charge < -0.3 is 14.5 Å². The van der Waals surface area contributed by atoms with E-state index >= 15 is 0 Å². The Labute approximate surface area is 148 Å². The number of hydrogen-bond donors (Lipinski definition) is 0. The summed E-state index contributed by atoms with van der Waals surface area (Å²) in [5, 5.41) is 4.16. The van der Waals surface area contributed by atoms with Crippen molar-refractivity contribution in [1.82, 2.24) is 19.7 Å². The van der Waals surface area contributed by atoms with Gasteiger partial charge >= 0.3 is 0 Å². The van der Waals surface area contributed by atoms with Crippen LogP contribution in [0.25, 0.3) is 0 Å². The van der Waals surface area contributed by atoms with Crippen LogP contribution in [0.2, 0.25) is 0 Å². The Morgan fingerprint density at radius 2 is 2.24 bits per heavy atom. The fraction of sp³-hybridized carbons (Fsp3) is 0.500. The second-order valence-electron chi connectivity index (χ2n) is 6.39. The number of morpholine rings is 1. The number of carbonyl (C=O) groups excluding carboxylic acids is 1. The molecule has 0 aromatic carbocycles. The maximum absolute atomic E-state index is 12.5. The number of aryl methyl sites for hydroxylation is 1. The second-order valence-corrected chi connectivity index (χ2v) is 6.39. The molecule has 0 radical (unpaired) electrons. The summed E-state index contributed by atoms with van der Waals surface area (Å²) in [4.78, 5) is 21.0. The van der Waals surface area contributed by atoms with Crippen LogP contribution < -0.4 is 4.90 Å². The average Bonchev–Trinajstić information content (AvgIpc) is 3.15. The third-order valence-electron chi connectivity index (χ3n) is 4.30. The van der Waals surface area contributed by atoms with Gasteiger partial charge in [0.15, 0.2) is 0 Å². The first-order valence-electron chi connectivity index (χ1n) is 8.64. The molecule has 0 saturated carbocycles. The smallest absolute Gasteiger partial charge is 0.222 e. The summed E-state index contributed by atoms with van der Waals surface area (Å²) in [6.45, 7) is 2.51. The summed E-state index contributed by atoms with van der Waals surface area (Å²) in [7, 11) is 3.92. The van der Waals surface area contributed by atoms with Crippen LogP contribution in [-0.2, 0) is 16.1 Å². The number of rotatable bonds is 6. The van der Waals surface area contributed by atoms with Gasteiger partial charge in [0.05, 0.1) is 18.8 Å². The zero-order chi connectivity index (χ0) is 17.6. The molecule has 3 rings (SSSR count). The van der Waals surface area contributed by atoms with Crippen molar-refractivity contribution < 1.29 is 9.53 Å². The summed E-state index contributed by atoms with van der Waals surface area (Å²) >= 11 is 0. The molecule has 0 spiro atoms. The summed E-state index contributed by atoms with van der Waals surface area (Å²) in [6, 6.07) is 7.79. The van der Waals surface area contributed by atoms with Gasteiger partial charge in [-0.3, -0.25) is 9.48 Å². The van der Waals surface area contributed by atoms with Gasteiger partial charge in [0, 0.05) is 46.0 Å². The van der Waals surface area contributed by atoms with Crippen LogP contribution in [0.3, 0.4) is 0 Å². The Balaban J connectivity index is 1.55. The number of aromatic nitrogens is 3. The van der Waals surface area contributed by atoms with Crippen molar-refractivity contribution in [2.75, 3.05) is 38.7 Å². The number of amides is 1. The first kappa shape index (κ1) is 17.4. The highest BCUT2D eigenvalue weighted by Crippen LogP contribution is 2.23. The second kappa shape index (κ2) is 8.11. The first-order chi connectivity index (χ1) is 12.1. The van der Waals surface area contributed by atoms with Crippen LogP contribution in [0.1, 0.15) is 24.6 Å². The highest BCUT2D eigenvalue weighted by atomic mass is 16.5. The monoisotopic (exact) mass is 343 g/mol. The molecular weight excluding hydrogens is 318 g/mol. The van der Waals surface area contributed by atoms with E-state index < -0.39 is 0 Å². The van der Waals surface area contributed by atoms with Gasteiger partial charge in [-0.15, -0.1) is 0 Å². The maximum atomic E-state index is 12.5. The molecule has 0 aliphatic carbocycles. The van der Waals surface area contributed by atoms with E-state index in [0.29, 0.717) is 26.1 Å². The molecule has 1 saturated heterocycles. The maximum Gasteiger partial charge on any atom is 0.222 e. The molecule has 3 heterocycles. The summed E-state index contributed by atoms with van der Waals surface area (Å²) in [5.41, 5.74) is 0.875. The topological polar surface area (TPSA) is 63.5 Å². The minimum atomic E-state index is -0.163. The Bertz CT molecular complexity index is 687. The van der Waals surface area contributed by atoms with Gasteiger partial charge in [-0.25, -0.2) is 4.98 Å². The van der Waals surface area contributed by atoms with E-state index in [9.17, 15) is 4.79 Å². The molecule has 0 unspecified atom stereocenters. The number of anilines is 1. The van der Waals surface area contributed by atoms with Crippen molar-refractivity contribution in [3.05, 3.63) is 42.4 Å². The predicted octanol–water partition coefficient (Wildman–Crippen LogP) is 1.72. The van der Waals surface area contributed by atoms with Crippen molar-refractivity contribution in [2.45, 2.75) is 25.5 Å². The van der Waals surface area contributed by atoms with Crippen molar-refractivity contribution in [1.29, 1.82) is 0 Å². The number of carbonyl (C=O) groups is 1. The lowest BCUT2D eigenvalue weighted by molar-refractivity contribution is -0.139. The van der Waals surface area contributed by atoms with Crippen molar-refractivity contribution in [3.63, 3.8) is 0 Å². The normalized spacial score (nSPS) is 17.5. The van der Waals surface area contributed by atoms with Crippen LogP contribution in [0, 0.1) is 0 Å². The van der Waals surface area contributed by atoms with Gasteiger partial charge in [-0.2, -0.15) is 5.10 Å². The minimum absolute atomic E-state index is 0.163. The minimum Gasteiger partial charge on any atom is -0.368 e. The molecule has 7 heteroatoms. The fourth-order valence-corrected chi connectivity index (χ4v) is 2.91. The summed E-state index contributed by atoms with van der Waals surface area (Å²) < 4.78 is 7.71. The average molecular weight is 343 g/mol. The van der Waals surface area contributed by atoms with Gasteiger partial charge in [0.25, 0.3) is 0 Å². The Kier molecular flexibility index (Phi) is 5.65. The molecule has 1 aliphatic heterocycles. The zero-order valence-electron chi connectivity index (χ0n) is 14.8. The van der Waals surface area contributed by atoms with E-state index in [1.807, 2.05) is 59.0 Å². The van der Waals surface area contributed by atoms with Crippen LogP contribution >= 0.6 is 0 Å². The Morgan fingerprint density at radius 1 is 1.36 bits per heavy atom. The van der Waals surface area contributed by atoms with E-state index in [0.717, 1.165) is 24.5 Å². The zero-order valence-corrected chi connectivity index (χ0v) is 14.8. The lowest BCUT2D eigenvalue weighted by atomic mass is 10.1. The molecule has 25 heavy (non-hydrogen) atoms. The molecule has 1 fully saturated rings. The molecule has 1 atom stereocenters. The number of nitrogens with zero attached hydrogens (tertiary/aromatic N) is 5. The van der Waals surface area contributed by atoms with Gasteiger partial charge in [0.1, 0.15) is 11.9 Å². The lowest BCUT2D eigenvalue weighted by Gasteiger charge is -2.33. The van der Waals surface area contributed by atoms with E-state index in [4.69, 9.17) is 4.74 Å². The van der Waals surface area contributed by atoms with Gasteiger partial charge in [-0.1, -0.05) is 6.07 Å². The predicted molar refractivity (Wildman–Crippen MR) is 95.3 cm³/mol. The third kappa shape index (κ3) is 4.57. The number of hydrogen-bond acceptors (Lipinski definition) is 5. The highest BCUT2D eigenvalue weighted by molar-refractivity contribution is 5.76. The Hall–Kier alpha value is -2.41. The van der Waals surface area contributed by atoms with E-state index in [2.05, 4.69) is 10.1 Å². The molecule has 2 aromatic heterocycles. The molecule has 2 aromatic rings. The molecular formula is C18H25N5O2. The van der Waals surface area contributed by atoms with Crippen LogP contribution in [-0.4, -0.2) is 59.4 Å². The fourth-order valence-electron chi connectivity index (χ4n) is 2.91. The van der Waals surface area contributed by atoms with Crippen molar-refractivity contribution in [2.24, 2.45) is 0 Å². The first-order valence-corrected chi connectivity index (χ1v) is 8.64.